The molecule has 0 radical (unpaired) electrons. The van der Waals surface area contributed by atoms with E-state index in [2.05, 4.69) is 16.6 Å². The highest BCUT2D eigenvalue weighted by atomic mass is 16.2. The highest BCUT2D eigenvalue weighted by Crippen LogP contribution is 2.08. The third kappa shape index (κ3) is 3.32. The molecule has 0 bridgehead atoms. The van der Waals surface area contributed by atoms with Crippen molar-refractivity contribution in [1.82, 2.24) is 5.43 Å². The normalized spacial score (nSPS) is 10.8. The summed E-state index contributed by atoms with van der Waals surface area (Å²) in [6, 6.07) is 13.6. The van der Waals surface area contributed by atoms with Gasteiger partial charge in [0.25, 0.3) is 5.91 Å². The van der Waals surface area contributed by atoms with Gasteiger partial charge in [0.15, 0.2) is 0 Å². The number of nitrogens with zero attached hydrogens (tertiary/aromatic N) is 1. The minimum Gasteiger partial charge on any atom is -0.267 e. The zero-order chi connectivity index (χ0) is 14.5. The summed E-state index contributed by atoms with van der Waals surface area (Å²) >= 11 is 0. The van der Waals surface area contributed by atoms with Gasteiger partial charge in [-0.3, -0.25) is 4.79 Å². The van der Waals surface area contributed by atoms with Crippen molar-refractivity contribution in [2.24, 2.45) is 5.10 Å². The molecule has 0 fully saturated rings. The standard InChI is InChI=1S/C17H18N2O/c1-12-8-9-15(14(3)10-12)11-18-19-17(20)16-7-5-4-6-13(16)2/h4-11H,1-3H3,(H,19,20)/b18-11+. The molecule has 1 amide bonds. The van der Waals surface area contributed by atoms with Crippen LogP contribution < -0.4 is 5.43 Å². The maximum Gasteiger partial charge on any atom is 0.271 e. The molecule has 20 heavy (non-hydrogen) atoms. The first-order valence-electron chi connectivity index (χ1n) is 6.54. The fourth-order valence-electron chi connectivity index (χ4n) is 2.02. The molecule has 1 N–H and O–H groups in total. The lowest BCUT2D eigenvalue weighted by molar-refractivity contribution is 0.0954. The number of carbonyl (C=O) groups excluding carboxylic acids is 1. The number of carbonyl (C=O) groups is 1. The third-order valence-corrected chi connectivity index (χ3v) is 3.18. The van der Waals surface area contributed by atoms with Crippen LogP contribution in [-0.2, 0) is 0 Å². The Morgan fingerprint density at radius 2 is 1.80 bits per heavy atom. The minimum absolute atomic E-state index is 0.191. The highest BCUT2D eigenvalue weighted by Gasteiger charge is 2.06. The Hall–Kier alpha value is -2.42. The van der Waals surface area contributed by atoms with E-state index in [1.165, 1.54) is 5.56 Å². The lowest BCUT2D eigenvalue weighted by atomic mass is 10.1. The highest BCUT2D eigenvalue weighted by molar-refractivity contribution is 5.96. The number of hydrogen-bond donors (Lipinski definition) is 1. The Morgan fingerprint density at radius 1 is 1.05 bits per heavy atom. The molecule has 0 aliphatic heterocycles. The van der Waals surface area contributed by atoms with Crippen LogP contribution >= 0.6 is 0 Å². The first-order chi connectivity index (χ1) is 9.58. The second kappa shape index (κ2) is 6.15. The Bertz CT molecular complexity index is 660. The number of rotatable bonds is 3. The van der Waals surface area contributed by atoms with E-state index in [1.807, 2.05) is 51.1 Å². The summed E-state index contributed by atoms with van der Waals surface area (Å²) in [4.78, 5) is 12.0. The fraction of sp³-hybridized carbons (Fsp3) is 0.176. The molecular weight excluding hydrogens is 248 g/mol. The van der Waals surface area contributed by atoms with Crippen molar-refractivity contribution in [2.45, 2.75) is 20.8 Å². The van der Waals surface area contributed by atoms with Crippen LogP contribution in [0.3, 0.4) is 0 Å². The summed E-state index contributed by atoms with van der Waals surface area (Å²) in [7, 11) is 0. The van der Waals surface area contributed by atoms with E-state index in [0.29, 0.717) is 5.56 Å². The van der Waals surface area contributed by atoms with Gasteiger partial charge >= 0.3 is 0 Å². The van der Waals surface area contributed by atoms with Gasteiger partial charge in [-0.1, -0.05) is 42.0 Å². The molecule has 2 rings (SSSR count). The zero-order valence-electron chi connectivity index (χ0n) is 12.0. The molecule has 2 aromatic carbocycles. The van der Waals surface area contributed by atoms with Gasteiger partial charge in [0.1, 0.15) is 0 Å². The van der Waals surface area contributed by atoms with Gasteiger partial charge in [-0.15, -0.1) is 0 Å². The largest absolute Gasteiger partial charge is 0.271 e. The maximum absolute atomic E-state index is 12.0. The first kappa shape index (κ1) is 14.0. The summed E-state index contributed by atoms with van der Waals surface area (Å²) in [5, 5.41) is 4.02. The monoisotopic (exact) mass is 266 g/mol. The molecule has 3 heteroatoms. The van der Waals surface area contributed by atoms with Crippen LogP contribution in [0.25, 0.3) is 0 Å². The molecule has 0 saturated heterocycles. The summed E-state index contributed by atoms with van der Waals surface area (Å²) < 4.78 is 0. The van der Waals surface area contributed by atoms with Gasteiger partial charge in [-0.2, -0.15) is 5.10 Å². The Balaban J connectivity index is 2.07. The van der Waals surface area contributed by atoms with E-state index in [-0.39, 0.29) is 5.91 Å². The van der Waals surface area contributed by atoms with E-state index in [1.54, 1.807) is 12.3 Å². The van der Waals surface area contributed by atoms with Crippen LogP contribution in [-0.4, -0.2) is 12.1 Å². The molecule has 0 aliphatic carbocycles. The van der Waals surface area contributed by atoms with Crippen LogP contribution in [0.5, 0.6) is 0 Å². The minimum atomic E-state index is -0.191. The quantitative estimate of drug-likeness (QED) is 0.671. The molecule has 0 heterocycles. The van der Waals surface area contributed by atoms with Crippen molar-refractivity contribution in [3.63, 3.8) is 0 Å². The van der Waals surface area contributed by atoms with Gasteiger partial charge < -0.3 is 0 Å². The zero-order valence-corrected chi connectivity index (χ0v) is 12.0. The Morgan fingerprint density at radius 3 is 2.50 bits per heavy atom. The second-order valence-electron chi connectivity index (χ2n) is 4.87. The first-order valence-corrected chi connectivity index (χ1v) is 6.54. The SMILES string of the molecule is Cc1ccc(/C=N/NC(=O)c2ccccc2C)c(C)c1. The van der Waals surface area contributed by atoms with Crippen molar-refractivity contribution in [3.05, 3.63) is 70.3 Å². The van der Waals surface area contributed by atoms with Crippen molar-refractivity contribution in [1.29, 1.82) is 0 Å². The number of hydrogen-bond acceptors (Lipinski definition) is 2. The predicted octanol–water partition coefficient (Wildman–Crippen LogP) is 3.38. The number of benzene rings is 2. The molecular formula is C17H18N2O. The second-order valence-corrected chi connectivity index (χ2v) is 4.87. The van der Waals surface area contributed by atoms with Crippen LogP contribution in [0, 0.1) is 20.8 Å². The van der Waals surface area contributed by atoms with Crippen molar-refractivity contribution in [2.75, 3.05) is 0 Å². The van der Waals surface area contributed by atoms with E-state index < -0.39 is 0 Å². The van der Waals surface area contributed by atoms with Crippen LogP contribution in [0.1, 0.15) is 32.6 Å². The van der Waals surface area contributed by atoms with E-state index in [0.717, 1.165) is 16.7 Å². The number of nitrogens with one attached hydrogen (secondary N) is 1. The Labute approximate surface area is 119 Å². The van der Waals surface area contributed by atoms with Crippen LogP contribution in [0.15, 0.2) is 47.6 Å². The van der Waals surface area contributed by atoms with E-state index >= 15 is 0 Å². The van der Waals surface area contributed by atoms with E-state index in [9.17, 15) is 4.79 Å². The van der Waals surface area contributed by atoms with Gasteiger partial charge in [0.05, 0.1) is 6.21 Å². The molecule has 0 unspecified atom stereocenters. The van der Waals surface area contributed by atoms with Crippen LogP contribution in [0.4, 0.5) is 0 Å². The van der Waals surface area contributed by atoms with Gasteiger partial charge in [0, 0.05) is 5.56 Å². The lowest BCUT2D eigenvalue weighted by Gasteiger charge is -2.04. The van der Waals surface area contributed by atoms with Crippen LogP contribution in [0.2, 0.25) is 0 Å². The average Bonchev–Trinajstić information content (AvgIpc) is 2.41. The molecule has 0 atom stereocenters. The lowest BCUT2D eigenvalue weighted by Crippen LogP contribution is -2.18. The summed E-state index contributed by atoms with van der Waals surface area (Å²) in [5.41, 5.74) is 7.49. The van der Waals surface area contributed by atoms with Crippen molar-refractivity contribution < 1.29 is 4.79 Å². The van der Waals surface area contributed by atoms with Crippen molar-refractivity contribution >= 4 is 12.1 Å². The molecule has 0 spiro atoms. The Kier molecular flexibility index (Phi) is 4.31. The fourth-order valence-corrected chi connectivity index (χ4v) is 2.02. The van der Waals surface area contributed by atoms with Gasteiger partial charge in [-0.25, -0.2) is 5.43 Å². The molecule has 0 aromatic heterocycles. The van der Waals surface area contributed by atoms with E-state index in [4.69, 9.17) is 0 Å². The molecule has 0 aliphatic rings. The molecule has 0 saturated carbocycles. The summed E-state index contributed by atoms with van der Waals surface area (Å²) in [5.74, 6) is -0.191. The summed E-state index contributed by atoms with van der Waals surface area (Å²) in [6.07, 6.45) is 1.67. The smallest absolute Gasteiger partial charge is 0.267 e. The maximum atomic E-state index is 12.0. The van der Waals surface area contributed by atoms with Gasteiger partial charge in [-0.05, 0) is 43.5 Å². The molecule has 2 aromatic rings. The third-order valence-electron chi connectivity index (χ3n) is 3.18. The van der Waals surface area contributed by atoms with Crippen molar-refractivity contribution in [3.8, 4) is 0 Å². The average molecular weight is 266 g/mol. The van der Waals surface area contributed by atoms with Gasteiger partial charge in [0.2, 0.25) is 0 Å². The number of hydrazone groups is 1. The number of amides is 1. The molecule has 102 valence electrons. The molecule has 3 nitrogen and oxygen atoms in total. The topological polar surface area (TPSA) is 41.5 Å². The predicted molar refractivity (Wildman–Crippen MR) is 82.2 cm³/mol. The number of aryl methyl sites for hydroxylation is 3. The summed E-state index contributed by atoms with van der Waals surface area (Å²) in [6.45, 7) is 5.98.